The molecule has 78 valence electrons. The molecule has 0 amide bonds. The summed E-state index contributed by atoms with van der Waals surface area (Å²) in [5.41, 5.74) is 6.29. The number of hydrogen-bond acceptors (Lipinski definition) is 1. The molecule has 1 aliphatic rings. The van der Waals surface area contributed by atoms with Crippen molar-refractivity contribution in [3.05, 3.63) is 0 Å². The maximum Gasteiger partial charge on any atom is -0.00513 e. The lowest BCUT2D eigenvalue weighted by Crippen LogP contribution is -2.23. The van der Waals surface area contributed by atoms with E-state index in [0.29, 0.717) is 11.3 Å². The quantitative estimate of drug-likeness (QED) is 0.667. The van der Waals surface area contributed by atoms with E-state index in [9.17, 15) is 0 Å². The molecule has 1 rings (SSSR count). The zero-order valence-corrected chi connectivity index (χ0v) is 9.31. The minimum absolute atomic E-state index is 0.606. The van der Waals surface area contributed by atoms with Crippen molar-refractivity contribution in [2.24, 2.45) is 17.1 Å². The third-order valence-corrected chi connectivity index (χ3v) is 3.55. The Bertz CT molecular complexity index is 134. The van der Waals surface area contributed by atoms with Crippen LogP contribution in [0.4, 0.5) is 0 Å². The van der Waals surface area contributed by atoms with Crippen LogP contribution in [0.5, 0.6) is 0 Å². The van der Waals surface area contributed by atoms with Crippen molar-refractivity contribution < 1.29 is 0 Å². The van der Waals surface area contributed by atoms with Gasteiger partial charge in [0.15, 0.2) is 0 Å². The smallest absolute Gasteiger partial charge is 0.00513 e. The molecule has 1 saturated carbocycles. The lowest BCUT2D eigenvalue weighted by Gasteiger charge is -2.30. The summed E-state index contributed by atoms with van der Waals surface area (Å²) in [6, 6.07) is 0. The van der Waals surface area contributed by atoms with Crippen molar-refractivity contribution in [2.45, 2.75) is 58.8 Å². The Kier molecular flexibility index (Phi) is 4.24. The van der Waals surface area contributed by atoms with Gasteiger partial charge in [-0.15, -0.1) is 0 Å². The molecule has 0 heterocycles. The average molecular weight is 183 g/mol. The summed E-state index contributed by atoms with van der Waals surface area (Å²) in [4.78, 5) is 0. The van der Waals surface area contributed by atoms with Crippen LogP contribution < -0.4 is 5.73 Å². The number of hydrogen-bond donors (Lipinski definition) is 1. The standard InChI is InChI=1S/C12H25N/c1-11(10-13)9-12(2)7-5-3-4-6-8-12/h11H,3-10,13H2,1-2H3/t11-/m1/s1. The third-order valence-electron chi connectivity index (χ3n) is 3.55. The van der Waals surface area contributed by atoms with Crippen LogP contribution in [0.1, 0.15) is 58.8 Å². The van der Waals surface area contributed by atoms with E-state index in [2.05, 4.69) is 13.8 Å². The lowest BCUT2D eigenvalue weighted by atomic mass is 9.76. The Morgan fingerprint density at radius 1 is 1.15 bits per heavy atom. The van der Waals surface area contributed by atoms with E-state index >= 15 is 0 Å². The molecule has 1 fully saturated rings. The van der Waals surface area contributed by atoms with Gasteiger partial charge in [0.2, 0.25) is 0 Å². The van der Waals surface area contributed by atoms with Gasteiger partial charge < -0.3 is 5.73 Å². The monoisotopic (exact) mass is 183 g/mol. The first-order chi connectivity index (χ1) is 6.16. The van der Waals surface area contributed by atoms with Gasteiger partial charge in [-0.2, -0.15) is 0 Å². The first-order valence-electron chi connectivity index (χ1n) is 5.86. The van der Waals surface area contributed by atoms with E-state index in [-0.39, 0.29) is 0 Å². The second-order valence-corrected chi connectivity index (χ2v) is 5.27. The highest BCUT2D eigenvalue weighted by molar-refractivity contribution is 4.79. The highest BCUT2D eigenvalue weighted by atomic mass is 14.5. The molecule has 1 heteroatoms. The zero-order valence-electron chi connectivity index (χ0n) is 9.31. The van der Waals surface area contributed by atoms with E-state index in [1.54, 1.807) is 0 Å². The van der Waals surface area contributed by atoms with Gasteiger partial charge in [0.05, 0.1) is 0 Å². The summed E-state index contributed by atoms with van der Waals surface area (Å²) in [5, 5.41) is 0. The molecular weight excluding hydrogens is 158 g/mol. The molecule has 0 aliphatic heterocycles. The summed E-state index contributed by atoms with van der Waals surface area (Å²) >= 11 is 0. The van der Waals surface area contributed by atoms with E-state index in [4.69, 9.17) is 5.73 Å². The Morgan fingerprint density at radius 3 is 2.15 bits per heavy atom. The minimum Gasteiger partial charge on any atom is -0.330 e. The van der Waals surface area contributed by atoms with E-state index < -0.39 is 0 Å². The molecule has 1 aliphatic carbocycles. The summed E-state index contributed by atoms with van der Waals surface area (Å²) < 4.78 is 0. The molecule has 0 aromatic heterocycles. The number of nitrogens with two attached hydrogens (primary N) is 1. The van der Waals surface area contributed by atoms with Gasteiger partial charge in [-0.25, -0.2) is 0 Å². The van der Waals surface area contributed by atoms with Gasteiger partial charge in [0.25, 0.3) is 0 Å². The first-order valence-corrected chi connectivity index (χ1v) is 5.86. The van der Waals surface area contributed by atoms with Crippen LogP contribution >= 0.6 is 0 Å². The predicted molar refractivity (Wildman–Crippen MR) is 58.6 cm³/mol. The molecule has 0 unspecified atom stereocenters. The van der Waals surface area contributed by atoms with E-state index in [1.165, 1.54) is 44.9 Å². The van der Waals surface area contributed by atoms with Gasteiger partial charge in [-0.1, -0.05) is 39.5 Å². The van der Waals surface area contributed by atoms with Crippen molar-refractivity contribution >= 4 is 0 Å². The lowest BCUT2D eigenvalue weighted by molar-refractivity contribution is 0.216. The van der Waals surface area contributed by atoms with Gasteiger partial charge in [0.1, 0.15) is 0 Å². The normalized spacial score (nSPS) is 25.2. The fourth-order valence-electron chi connectivity index (χ4n) is 2.71. The van der Waals surface area contributed by atoms with Crippen molar-refractivity contribution in [1.82, 2.24) is 0 Å². The van der Waals surface area contributed by atoms with Crippen LogP contribution in [-0.4, -0.2) is 6.54 Å². The summed E-state index contributed by atoms with van der Waals surface area (Å²) in [5.74, 6) is 0.711. The average Bonchev–Trinajstić information content (AvgIpc) is 2.30. The minimum atomic E-state index is 0.606. The van der Waals surface area contributed by atoms with Gasteiger partial charge >= 0.3 is 0 Å². The van der Waals surface area contributed by atoms with Crippen molar-refractivity contribution in [2.75, 3.05) is 6.54 Å². The topological polar surface area (TPSA) is 26.0 Å². The van der Waals surface area contributed by atoms with Crippen molar-refractivity contribution in [3.63, 3.8) is 0 Å². The first kappa shape index (κ1) is 11.0. The Labute approximate surface area is 83.1 Å². The van der Waals surface area contributed by atoms with E-state index in [0.717, 1.165) is 6.54 Å². The van der Waals surface area contributed by atoms with Crippen LogP contribution in [0.25, 0.3) is 0 Å². The second kappa shape index (κ2) is 4.99. The molecule has 1 nitrogen and oxygen atoms in total. The van der Waals surface area contributed by atoms with Gasteiger partial charge in [0, 0.05) is 0 Å². The molecule has 0 bridgehead atoms. The fourth-order valence-corrected chi connectivity index (χ4v) is 2.71. The maximum absolute atomic E-state index is 5.69. The van der Waals surface area contributed by atoms with Crippen molar-refractivity contribution in [3.8, 4) is 0 Å². The molecule has 0 aromatic rings. The summed E-state index contributed by atoms with van der Waals surface area (Å²) in [7, 11) is 0. The second-order valence-electron chi connectivity index (χ2n) is 5.27. The molecule has 0 saturated heterocycles. The molecule has 0 radical (unpaired) electrons. The van der Waals surface area contributed by atoms with Gasteiger partial charge in [-0.3, -0.25) is 0 Å². The Hall–Kier alpha value is -0.0400. The predicted octanol–water partition coefficient (Wildman–Crippen LogP) is 3.33. The third kappa shape index (κ3) is 3.68. The SMILES string of the molecule is C[C@@H](CN)CC1(C)CCCCCC1. The number of rotatable bonds is 3. The highest BCUT2D eigenvalue weighted by Crippen LogP contribution is 2.39. The molecule has 13 heavy (non-hydrogen) atoms. The molecule has 1 atom stereocenters. The Morgan fingerprint density at radius 2 is 1.69 bits per heavy atom. The fraction of sp³-hybridized carbons (Fsp3) is 1.00. The van der Waals surface area contributed by atoms with Crippen LogP contribution in [0.15, 0.2) is 0 Å². The Balaban J connectivity index is 2.41. The van der Waals surface area contributed by atoms with Gasteiger partial charge in [-0.05, 0) is 37.1 Å². The van der Waals surface area contributed by atoms with E-state index in [1.807, 2.05) is 0 Å². The maximum atomic E-state index is 5.69. The molecule has 0 spiro atoms. The molecule has 2 N–H and O–H groups in total. The van der Waals surface area contributed by atoms with Crippen LogP contribution in [0.3, 0.4) is 0 Å². The van der Waals surface area contributed by atoms with Crippen LogP contribution in [0.2, 0.25) is 0 Å². The highest BCUT2D eigenvalue weighted by Gasteiger charge is 2.26. The summed E-state index contributed by atoms with van der Waals surface area (Å²) in [6.07, 6.45) is 9.97. The van der Waals surface area contributed by atoms with Crippen LogP contribution in [0, 0.1) is 11.3 Å². The van der Waals surface area contributed by atoms with Crippen molar-refractivity contribution in [1.29, 1.82) is 0 Å². The zero-order chi connectivity index (χ0) is 9.73. The molecular formula is C12H25N. The summed E-state index contributed by atoms with van der Waals surface area (Å²) in [6.45, 7) is 5.61. The molecule has 0 aromatic carbocycles. The largest absolute Gasteiger partial charge is 0.330 e. The van der Waals surface area contributed by atoms with Crippen LogP contribution in [-0.2, 0) is 0 Å².